The van der Waals surface area contributed by atoms with Crippen LogP contribution in [0.25, 0.3) is 11.2 Å². The Labute approximate surface area is 237 Å². The molecule has 3 heterocycles. The van der Waals surface area contributed by atoms with E-state index in [1.54, 1.807) is 7.11 Å². The van der Waals surface area contributed by atoms with Crippen LogP contribution in [0.2, 0.25) is 0 Å². The Kier molecular flexibility index (Phi) is 8.22. The first-order valence-corrected chi connectivity index (χ1v) is 15.0. The van der Waals surface area contributed by atoms with Gasteiger partial charge in [-0.15, -0.1) is 0 Å². The molecule has 2 aliphatic carbocycles. The summed E-state index contributed by atoms with van der Waals surface area (Å²) in [4.78, 5) is 31.8. The topological polar surface area (TPSA) is 144 Å². The third-order valence-electron chi connectivity index (χ3n) is 9.66. The van der Waals surface area contributed by atoms with Crippen molar-refractivity contribution in [2.45, 2.75) is 110 Å². The third-order valence-corrected chi connectivity index (χ3v) is 9.66. The Balaban J connectivity index is 1.66. The molecule has 4 N–H and O–H groups in total. The first-order chi connectivity index (χ1) is 19.1. The van der Waals surface area contributed by atoms with E-state index in [0.717, 1.165) is 43.3 Å². The number of rotatable bonds is 9. The number of nitrogens with one attached hydrogen (secondary N) is 1. The molecule has 2 aromatic heterocycles. The molecule has 0 aromatic carbocycles. The summed E-state index contributed by atoms with van der Waals surface area (Å²) in [7, 11) is 1.77. The zero-order valence-corrected chi connectivity index (χ0v) is 24.7. The second-order valence-corrected chi connectivity index (χ2v) is 12.8. The monoisotopic (exact) mass is 554 g/mol. The standard InChI is InChI=1S/C29H46N8O3/c1-17-11-13-19(14-12-17)16-37-22-24(31-18(2)20-8-6-9-20)33-26(23(30)32-28(38)39)34-25(22)35-27(37)36-15-7-10-21(36)29(3,4)40-5/h17-21H,6-16H2,1-5H3,(H2,30,32)(H,38,39)(H,31,33,34). The highest BCUT2D eigenvalue weighted by Gasteiger charge is 2.40. The van der Waals surface area contributed by atoms with E-state index in [-0.39, 0.29) is 29.3 Å². The van der Waals surface area contributed by atoms with Gasteiger partial charge in [-0.3, -0.25) is 0 Å². The summed E-state index contributed by atoms with van der Waals surface area (Å²) in [5, 5.41) is 12.9. The van der Waals surface area contributed by atoms with Crippen LogP contribution in [0.4, 0.5) is 16.6 Å². The quantitative estimate of drug-likeness (QED) is 0.287. The Bertz CT molecular complexity index is 1250. The van der Waals surface area contributed by atoms with Gasteiger partial charge in [-0.05, 0) is 77.0 Å². The molecule has 3 fully saturated rings. The van der Waals surface area contributed by atoms with Gasteiger partial charge in [-0.1, -0.05) is 26.2 Å². The molecule has 2 saturated carbocycles. The van der Waals surface area contributed by atoms with E-state index in [9.17, 15) is 9.90 Å². The summed E-state index contributed by atoms with van der Waals surface area (Å²) in [5.41, 5.74) is 7.08. The van der Waals surface area contributed by atoms with Gasteiger partial charge >= 0.3 is 6.09 Å². The Morgan fingerprint density at radius 3 is 2.50 bits per heavy atom. The molecule has 1 aliphatic heterocycles. The van der Waals surface area contributed by atoms with E-state index in [0.29, 0.717) is 23.3 Å². The van der Waals surface area contributed by atoms with Crippen LogP contribution < -0.4 is 16.0 Å². The maximum Gasteiger partial charge on any atom is 0.433 e. The zero-order valence-electron chi connectivity index (χ0n) is 24.7. The average Bonchev–Trinajstić information content (AvgIpc) is 3.49. The van der Waals surface area contributed by atoms with Crippen LogP contribution in [0.5, 0.6) is 0 Å². The van der Waals surface area contributed by atoms with Crippen LogP contribution in [0, 0.1) is 17.8 Å². The van der Waals surface area contributed by atoms with Crippen LogP contribution in [0.15, 0.2) is 4.99 Å². The summed E-state index contributed by atoms with van der Waals surface area (Å²) in [6.07, 6.45) is 9.16. The number of amides is 1. The summed E-state index contributed by atoms with van der Waals surface area (Å²) >= 11 is 0. The Morgan fingerprint density at radius 1 is 1.15 bits per heavy atom. The van der Waals surface area contributed by atoms with Crippen LogP contribution in [-0.4, -0.2) is 67.9 Å². The number of aliphatic imine (C=N–C) groups is 1. The van der Waals surface area contributed by atoms with Crippen molar-refractivity contribution in [2.24, 2.45) is 28.5 Å². The number of carboxylic acid groups (broad SMARTS) is 1. The van der Waals surface area contributed by atoms with Crippen LogP contribution in [0.1, 0.15) is 91.3 Å². The molecule has 0 spiro atoms. The predicted molar refractivity (Wildman–Crippen MR) is 157 cm³/mol. The van der Waals surface area contributed by atoms with Crippen molar-refractivity contribution in [3.8, 4) is 0 Å². The number of nitrogens with two attached hydrogens (primary N) is 1. The highest BCUT2D eigenvalue weighted by atomic mass is 16.5. The Hall–Kier alpha value is -2.95. The van der Waals surface area contributed by atoms with E-state index in [1.807, 2.05) is 0 Å². The molecular formula is C29H46N8O3. The molecule has 11 heteroatoms. The van der Waals surface area contributed by atoms with Gasteiger partial charge in [0.1, 0.15) is 5.52 Å². The van der Waals surface area contributed by atoms with Gasteiger partial charge in [-0.25, -0.2) is 14.8 Å². The normalized spacial score (nSPS) is 25.3. The van der Waals surface area contributed by atoms with Crippen molar-refractivity contribution in [1.82, 2.24) is 19.5 Å². The number of anilines is 2. The van der Waals surface area contributed by atoms with E-state index in [2.05, 4.69) is 52.5 Å². The van der Waals surface area contributed by atoms with Gasteiger partial charge in [0.25, 0.3) is 0 Å². The van der Waals surface area contributed by atoms with Crippen LogP contribution in [-0.2, 0) is 11.3 Å². The number of carbonyl (C=O) groups is 1. The molecule has 1 saturated heterocycles. The summed E-state index contributed by atoms with van der Waals surface area (Å²) in [5.74, 6) is 3.25. The first kappa shape index (κ1) is 28.6. The van der Waals surface area contributed by atoms with E-state index < -0.39 is 6.09 Å². The van der Waals surface area contributed by atoms with Gasteiger partial charge in [0.15, 0.2) is 23.1 Å². The minimum atomic E-state index is -1.38. The number of amidine groups is 1. The molecule has 3 aliphatic rings. The molecule has 2 aromatic rings. The van der Waals surface area contributed by atoms with E-state index >= 15 is 0 Å². The lowest BCUT2D eigenvalue weighted by molar-refractivity contribution is 0.00151. The Morgan fingerprint density at radius 2 is 1.88 bits per heavy atom. The molecule has 1 amide bonds. The number of fused-ring (bicyclic) bond motifs is 1. The fourth-order valence-corrected chi connectivity index (χ4v) is 6.69. The fourth-order valence-electron chi connectivity index (χ4n) is 6.69. The molecule has 40 heavy (non-hydrogen) atoms. The SMILES string of the molecule is COC(C)(C)C1CCCN1c1nc2nc(C(N)=NC(=O)O)nc(NC(C)C3CCC3)c2n1CC1CCC(C)CC1. The molecule has 11 nitrogen and oxygen atoms in total. The number of methoxy groups -OCH3 is 1. The van der Waals surface area contributed by atoms with Crippen LogP contribution in [0.3, 0.4) is 0 Å². The molecule has 0 radical (unpaired) electrons. The molecule has 5 rings (SSSR count). The van der Waals surface area contributed by atoms with E-state index in [4.69, 9.17) is 20.4 Å². The van der Waals surface area contributed by atoms with Gasteiger partial charge in [0.2, 0.25) is 5.95 Å². The average molecular weight is 555 g/mol. The maximum absolute atomic E-state index is 11.3. The van der Waals surface area contributed by atoms with Gasteiger partial charge < -0.3 is 30.4 Å². The minimum absolute atomic E-state index is 0.0797. The van der Waals surface area contributed by atoms with E-state index in [1.165, 1.54) is 44.9 Å². The highest BCUT2D eigenvalue weighted by Crippen LogP contribution is 2.39. The number of nitrogens with zero attached hydrogens (tertiary/aromatic N) is 6. The summed E-state index contributed by atoms with van der Waals surface area (Å²) < 4.78 is 8.27. The van der Waals surface area contributed by atoms with Crippen molar-refractivity contribution < 1.29 is 14.6 Å². The van der Waals surface area contributed by atoms with Gasteiger partial charge in [0.05, 0.1) is 11.6 Å². The lowest BCUT2D eigenvalue weighted by Gasteiger charge is -2.38. The second-order valence-electron chi connectivity index (χ2n) is 12.8. The maximum atomic E-state index is 11.3. The lowest BCUT2D eigenvalue weighted by atomic mass is 9.80. The zero-order chi connectivity index (χ0) is 28.6. The number of hydrogen-bond donors (Lipinski definition) is 3. The summed E-state index contributed by atoms with van der Waals surface area (Å²) in [6.45, 7) is 10.5. The summed E-state index contributed by atoms with van der Waals surface area (Å²) in [6, 6.07) is 0.363. The fraction of sp³-hybridized carbons (Fsp3) is 0.759. The lowest BCUT2D eigenvalue weighted by Crippen LogP contribution is -2.48. The van der Waals surface area contributed by atoms with Crippen LogP contribution >= 0.6 is 0 Å². The highest BCUT2D eigenvalue weighted by molar-refractivity contribution is 6.01. The van der Waals surface area contributed by atoms with Crippen molar-refractivity contribution in [3.63, 3.8) is 0 Å². The number of imidazole rings is 1. The molecule has 2 unspecified atom stereocenters. The van der Waals surface area contributed by atoms with Crippen molar-refractivity contribution in [3.05, 3.63) is 5.82 Å². The molecule has 2 atom stereocenters. The largest absolute Gasteiger partial charge is 0.463 e. The number of hydrogen-bond acceptors (Lipinski definition) is 7. The minimum Gasteiger partial charge on any atom is -0.463 e. The van der Waals surface area contributed by atoms with Gasteiger partial charge in [0, 0.05) is 26.2 Å². The molecule has 0 bridgehead atoms. The number of ether oxygens (including phenoxy) is 1. The van der Waals surface area contributed by atoms with Crippen molar-refractivity contribution in [1.29, 1.82) is 0 Å². The van der Waals surface area contributed by atoms with Gasteiger partial charge in [-0.2, -0.15) is 9.98 Å². The second kappa shape index (κ2) is 11.5. The smallest absolute Gasteiger partial charge is 0.433 e. The first-order valence-electron chi connectivity index (χ1n) is 15.0. The van der Waals surface area contributed by atoms with Crippen molar-refractivity contribution in [2.75, 3.05) is 23.9 Å². The molecule has 220 valence electrons. The number of aromatic nitrogens is 4. The third kappa shape index (κ3) is 5.75. The predicted octanol–water partition coefficient (Wildman–Crippen LogP) is 5.03. The van der Waals surface area contributed by atoms with Crippen molar-refractivity contribution >= 4 is 34.9 Å². The molecular weight excluding hydrogens is 508 g/mol.